The van der Waals surface area contributed by atoms with Gasteiger partial charge in [0.2, 0.25) is 5.91 Å². The molecule has 2 atom stereocenters. The third-order valence-corrected chi connectivity index (χ3v) is 3.23. The number of phenols is 1. The molecule has 0 saturated carbocycles. The summed E-state index contributed by atoms with van der Waals surface area (Å²) in [5, 5.41) is 9.22. The van der Waals surface area contributed by atoms with E-state index in [1.54, 1.807) is 33.0 Å². The Balaban J connectivity index is 2.82. The number of carbonyl (C=O) groups is 2. The lowest BCUT2D eigenvalue weighted by Crippen LogP contribution is -2.42. The topological polar surface area (TPSA) is 66.8 Å². The number of hydrogen-bond acceptors (Lipinski definition) is 4. The monoisotopic (exact) mass is 265 g/mol. The number of nitrogens with zero attached hydrogens (tertiary/aromatic N) is 1. The van der Waals surface area contributed by atoms with Gasteiger partial charge in [0.05, 0.1) is 13.0 Å². The van der Waals surface area contributed by atoms with Gasteiger partial charge in [0.15, 0.2) is 0 Å². The molecular weight excluding hydrogens is 246 g/mol. The Hall–Kier alpha value is -2.04. The number of aromatic hydroxyl groups is 1. The summed E-state index contributed by atoms with van der Waals surface area (Å²) in [5.74, 6) is -0.866. The number of benzene rings is 1. The second-order valence-corrected chi connectivity index (χ2v) is 4.46. The molecule has 0 saturated heterocycles. The van der Waals surface area contributed by atoms with Crippen molar-refractivity contribution in [1.29, 1.82) is 0 Å². The number of rotatable bonds is 4. The molecule has 1 amide bonds. The Labute approximate surface area is 112 Å². The van der Waals surface area contributed by atoms with Crippen molar-refractivity contribution in [3.8, 4) is 5.75 Å². The minimum Gasteiger partial charge on any atom is -0.508 e. The van der Waals surface area contributed by atoms with E-state index in [4.69, 9.17) is 0 Å². The van der Waals surface area contributed by atoms with E-state index in [-0.39, 0.29) is 11.7 Å². The van der Waals surface area contributed by atoms with Crippen LogP contribution in [0.15, 0.2) is 24.3 Å². The van der Waals surface area contributed by atoms with Crippen molar-refractivity contribution in [3.05, 3.63) is 29.8 Å². The zero-order valence-corrected chi connectivity index (χ0v) is 11.6. The Morgan fingerprint density at radius 3 is 2.21 bits per heavy atom. The van der Waals surface area contributed by atoms with E-state index in [1.165, 1.54) is 24.1 Å². The summed E-state index contributed by atoms with van der Waals surface area (Å²) in [7, 11) is 2.86. The Bertz CT molecular complexity index is 455. The van der Waals surface area contributed by atoms with Crippen LogP contribution in [0.2, 0.25) is 0 Å². The van der Waals surface area contributed by atoms with Gasteiger partial charge in [-0.25, -0.2) is 4.79 Å². The predicted molar refractivity (Wildman–Crippen MR) is 70.8 cm³/mol. The molecule has 0 spiro atoms. The van der Waals surface area contributed by atoms with Crippen LogP contribution in [0.5, 0.6) is 5.75 Å². The van der Waals surface area contributed by atoms with E-state index in [0.29, 0.717) is 0 Å². The molecule has 0 unspecified atom stereocenters. The Morgan fingerprint density at radius 1 is 1.21 bits per heavy atom. The maximum absolute atomic E-state index is 12.2. The van der Waals surface area contributed by atoms with E-state index in [0.717, 1.165) is 5.56 Å². The van der Waals surface area contributed by atoms with E-state index in [2.05, 4.69) is 4.74 Å². The molecule has 0 bridgehead atoms. The number of ether oxygens (including phenoxy) is 1. The van der Waals surface area contributed by atoms with Crippen LogP contribution in [-0.4, -0.2) is 42.1 Å². The lowest BCUT2D eigenvalue weighted by Gasteiger charge is -2.26. The molecule has 104 valence electrons. The molecular formula is C14H19NO4. The SMILES string of the molecule is COC(=O)[C@H](C)N(C)C(=O)[C@H](C)c1ccc(O)cc1. The summed E-state index contributed by atoms with van der Waals surface area (Å²) in [6, 6.07) is 5.81. The van der Waals surface area contributed by atoms with Gasteiger partial charge >= 0.3 is 5.97 Å². The number of esters is 1. The normalized spacial score (nSPS) is 13.5. The van der Waals surface area contributed by atoms with Crippen LogP contribution in [0.1, 0.15) is 25.3 Å². The van der Waals surface area contributed by atoms with Gasteiger partial charge < -0.3 is 14.7 Å². The zero-order valence-electron chi connectivity index (χ0n) is 11.6. The smallest absolute Gasteiger partial charge is 0.328 e. The molecule has 1 rings (SSSR count). The maximum Gasteiger partial charge on any atom is 0.328 e. The van der Waals surface area contributed by atoms with E-state index < -0.39 is 17.9 Å². The highest BCUT2D eigenvalue weighted by atomic mass is 16.5. The van der Waals surface area contributed by atoms with Gasteiger partial charge in [-0.1, -0.05) is 12.1 Å². The highest BCUT2D eigenvalue weighted by Crippen LogP contribution is 2.21. The largest absolute Gasteiger partial charge is 0.508 e. The van der Waals surface area contributed by atoms with E-state index in [9.17, 15) is 14.7 Å². The average molecular weight is 265 g/mol. The summed E-state index contributed by atoms with van der Waals surface area (Å²) in [4.78, 5) is 25.0. The molecule has 5 heteroatoms. The fourth-order valence-electron chi connectivity index (χ4n) is 1.73. The van der Waals surface area contributed by atoms with Crippen LogP contribution in [-0.2, 0) is 14.3 Å². The third-order valence-electron chi connectivity index (χ3n) is 3.23. The van der Waals surface area contributed by atoms with E-state index >= 15 is 0 Å². The molecule has 0 radical (unpaired) electrons. The quantitative estimate of drug-likeness (QED) is 0.838. The van der Waals surface area contributed by atoms with Gasteiger partial charge in [-0.05, 0) is 31.5 Å². The second kappa shape index (κ2) is 6.22. The Morgan fingerprint density at radius 2 is 1.74 bits per heavy atom. The predicted octanol–water partition coefficient (Wildman–Crippen LogP) is 1.52. The minimum absolute atomic E-state index is 0.152. The van der Waals surface area contributed by atoms with Crippen molar-refractivity contribution in [2.75, 3.05) is 14.2 Å². The number of likely N-dealkylation sites (N-methyl/N-ethyl adjacent to an activating group) is 1. The first kappa shape index (κ1) is 15.0. The summed E-state index contributed by atoms with van der Waals surface area (Å²) >= 11 is 0. The van der Waals surface area contributed by atoms with E-state index in [1.807, 2.05) is 0 Å². The molecule has 0 aromatic heterocycles. The van der Waals surface area contributed by atoms with Crippen LogP contribution in [0.3, 0.4) is 0 Å². The first-order valence-corrected chi connectivity index (χ1v) is 6.02. The molecule has 1 aromatic rings. The fourth-order valence-corrected chi connectivity index (χ4v) is 1.73. The lowest BCUT2D eigenvalue weighted by atomic mass is 9.99. The molecule has 0 fully saturated rings. The number of carbonyl (C=O) groups excluding carboxylic acids is 2. The molecule has 1 N–H and O–H groups in total. The number of phenolic OH excluding ortho intramolecular Hbond substituents is 1. The summed E-state index contributed by atoms with van der Waals surface area (Å²) in [6.45, 7) is 3.38. The van der Waals surface area contributed by atoms with Crippen LogP contribution in [0, 0.1) is 0 Å². The highest BCUT2D eigenvalue weighted by molar-refractivity contribution is 5.88. The van der Waals surface area contributed by atoms with Gasteiger partial charge in [-0.2, -0.15) is 0 Å². The van der Waals surface area contributed by atoms with Crippen molar-refractivity contribution < 1.29 is 19.4 Å². The van der Waals surface area contributed by atoms with Crippen molar-refractivity contribution >= 4 is 11.9 Å². The minimum atomic E-state index is -0.628. The van der Waals surface area contributed by atoms with Crippen LogP contribution in [0.25, 0.3) is 0 Å². The number of amides is 1. The molecule has 5 nitrogen and oxygen atoms in total. The molecule has 0 aliphatic heterocycles. The zero-order chi connectivity index (χ0) is 14.6. The summed E-state index contributed by atoms with van der Waals surface area (Å²) < 4.78 is 4.62. The summed E-state index contributed by atoms with van der Waals surface area (Å²) in [5.41, 5.74) is 0.784. The molecule has 0 aliphatic rings. The highest BCUT2D eigenvalue weighted by Gasteiger charge is 2.27. The molecule has 1 aromatic carbocycles. The van der Waals surface area contributed by atoms with Gasteiger partial charge in [0, 0.05) is 7.05 Å². The maximum atomic E-state index is 12.2. The van der Waals surface area contributed by atoms with Crippen molar-refractivity contribution in [1.82, 2.24) is 4.90 Å². The molecule has 19 heavy (non-hydrogen) atoms. The second-order valence-electron chi connectivity index (χ2n) is 4.46. The third kappa shape index (κ3) is 3.47. The molecule has 0 aliphatic carbocycles. The van der Waals surface area contributed by atoms with Crippen LogP contribution in [0.4, 0.5) is 0 Å². The van der Waals surface area contributed by atoms with Crippen molar-refractivity contribution in [3.63, 3.8) is 0 Å². The average Bonchev–Trinajstić information content (AvgIpc) is 2.44. The summed E-state index contributed by atoms with van der Waals surface area (Å²) in [6.07, 6.45) is 0. The molecule has 0 heterocycles. The number of methoxy groups -OCH3 is 1. The van der Waals surface area contributed by atoms with Gasteiger partial charge in [-0.15, -0.1) is 0 Å². The first-order chi connectivity index (χ1) is 8.88. The lowest BCUT2D eigenvalue weighted by molar-refractivity contribution is -0.151. The fraction of sp³-hybridized carbons (Fsp3) is 0.429. The van der Waals surface area contributed by atoms with Gasteiger partial charge in [0.1, 0.15) is 11.8 Å². The van der Waals surface area contributed by atoms with Crippen LogP contribution >= 0.6 is 0 Å². The van der Waals surface area contributed by atoms with Crippen molar-refractivity contribution in [2.45, 2.75) is 25.8 Å². The Kier molecular flexibility index (Phi) is 4.92. The first-order valence-electron chi connectivity index (χ1n) is 6.02. The van der Waals surface area contributed by atoms with Gasteiger partial charge in [0.25, 0.3) is 0 Å². The number of hydrogen-bond donors (Lipinski definition) is 1. The van der Waals surface area contributed by atoms with Gasteiger partial charge in [-0.3, -0.25) is 4.79 Å². The van der Waals surface area contributed by atoms with Crippen LogP contribution < -0.4 is 0 Å². The van der Waals surface area contributed by atoms with Crippen molar-refractivity contribution in [2.24, 2.45) is 0 Å². The standard InChI is InChI=1S/C14H19NO4/c1-9(11-5-7-12(16)8-6-11)13(17)15(3)10(2)14(18)19-4/h5-10,16H,1-4H3/t9-,10+/m1/s1.